The van der Waals surface area contributed by atoms with E-state index in [1.165, 1.54) is 16.9 Å². The van der Waals surface area contributed by atoms with Gasteiger partial charge in [0.2, 0.25) is 0 Å². The number of nitrogens with zero attached hydrogens (tertiary/aromatic N) is 3. The van der Waals surface area contributed by atoms with Crippen molar-refractivity contribution in [3.8, 4) is 0 Å². The van der Waals surface area contributed by atoms with E-state index in [9.17, 15) is 9.59 Å². The third kappa shape index (κ3) is 3.74. The van der Waals surface area contributed by atoms with Crippen molar-refractivity contribution in [2.24, 2.45) is 0 Å². The molecule has 1 N–H and O–H groups in total. The molecule has 1 aliphatic heterocycles. The van der Waals surface area contributed by atoms with Crippen LogP contribution < -0.4 is 0 Å². The largest absolute Gasteiger partial charge is 0.477 e. The van der Waals surface area contributed by atoms with Gasteiger partial charge in [-0.25, -0.2) is 9.59 Å². The number of carboxylic acids is 1. The Balaban J connectivity index is 1.96. The highest BCUT2D eigenvalue weighted by molar-refractivity contribution is 5.85. The maximum atomic E-state index is 12.0. The van der Waals surface area contributed by atoms with Gasteiger partial charge in [0, 0.05) is 19.3 Å². The van der Waals surface area contributed by atoms with Crippen LogP contribution >= 0.6 is 0 Å². The van der Waals surface area contributed by atoms with Crippen LogP contribution in [-0.2, 0) is 4.74 Å². The topological polar surface area (TPSA) is 84.7 Å². The Labute approximate surface area is 123 Å². The Morgan fingerprint density at radius 1 is 1.33 bits per heavy atom. The van der Waals surface area contributed by atoms with Crippen LogP contribution in [0.25, 0.3) is 0 Å². The zero-order valence-corrected chi connectivity index (χ0v) is 12.6. The van der Waals surface area contributed by atoms with E-state index in [2.05, 4.69) is 5.10 Å². The van der Waals surface area contributed by atoms with E-state index in [4.69, 9.17) is 9.84 Å². The van der Waals surface area contributed by atoms with Crippen LogP contribution in [0.1, 0.15) is 50.1 Å². The molecule has 2 heterocycles. The van der Waals surface area contributed by atoms with E-state index in [0.29, 0.717) is 25.9 Å². The third-order valence-corrected chi connectivity index (χ3v) is 3.35. The van der Waals surface area contributed by atoms with Crippen molar-refractivity contribution >= 4 is 12.1 Å². The quantitative estimate of drug-likeness (QED) is 0.903. The molecule has 1 fully saturated rings. The monoisotopic (exact) mass is 295 g/mol. The lowest BCUT2D eigenvalue weighted by atomic mass is 10.1. The van der Waals surface area contributed by atoms with Crippen LogP contribution in [-0.4, -0.2) is 50.5 Å². The first kappa shape index (κ1) is 15.3. The summed E-state index contributed by atoms with van der Waals surface area (Å²) < 4.78 is 6.87. The van der Waals surface area contributed by atoms with Crippen molar-refractivity contribution in [1.82, 2.24) is 14.7 Å². The fourth-order valence-corrected chi connectivity index (χ4v) is 2.39. The summed E-state index contributed by atoms with van der Waals surface area (Å²) in [5.41, 5.74) is -0.322. The SMILES string of the molecule is CC(C)(C)OC(=O)N1CCC(n2nccc2C(=O)O)CC1. The number of aromatic carboxylic acids is 1. The van der Waals surface area contributed by atoms with E-state index in [0.717, 1.165) is 0 Å². The standard InChI is InChI=1S/C14H21N3O4/c1-14(2,3)21-13(20)16-8-5-10(6-9-16)17-11(12(18)19)4-7-15-17/h4,7,10H,5-6,8-9H2,1-3H3,(H,18,19). The average molecular weight is 295 g/mol. The van der Waals surface area contributed by atoms with Crippen molar-refractivity contribution in [3.05, 3.63) is 18.0 Å². The summed E-state index contributed by atoms with van der Waals surface area (Å²) in [6.45, 7) is 6.58. The summed E-state index contributed by atoms with van der Waals surface area (Å²) >= 11 is 0. The minimum absolute atomic E-state index is 0.00443. The molecule has 116 valence electrons. The van der Waals surface area contributed by atoms with E-state index in [1.54, 1.807) is 4.90 Å². The minimum Gasteiger partial charge on any atom is -0.477 e. The van der Waals surface area contributed by atoms with Gasteiger partial charge >= 0.3 is 12.1 Å². The van der Waals surface area contributed by atoms with Crippen LogP contribution in [0.2, 0.25) is 0 Å². The number of hydrogen-bond acceptors (Lipinski definition) is 4. The fourth-order valence-electron chi connectivity index (χ4n) is 2.39. The summed E-state index contributed by atoms with van der Waals surface area (Å²) in [5.74, 6) is -0.984. The molecule has 7 nitrogen and oxygen atoms in total. The Morgan fingerprint density at radius 2 is 1.95 bits per heavy atom. The van der Waals surface area contributed by atoms with Gasteiger partial charge in [0.05, 0.1) is 6.04 Å². The molecule has 0 saturated carbocycles. The first-order valence-electron chi connectivity index (χ1n) is 7.02. The van der Waals surface area contributed by atoms with Gasteiger partial charge in [0.1, 0.15) is 11.3 Å². The molecule has 1 aromatic heterocycles. The number of likely N-dealkylation sites (tertiary alicyclic amines) is 1. The molecule has 1 saturated heterocycles. The molecule has 0 radical (unpaired) electrons. The molecular weight excluding hydrogens is 274 g/mol. The summed E-state index contributed by atoms with van der Waals surface area (Å²) in [7, 11) is 0. The molecular formula is C14H21N3O4. The summed E-state index contributed by atoms with van der Waals surface area (Å²) in [4.78, 5) is 24.7. The highest BCUT2D eigenvalue weighted by Gasteiger charge is 2.29. The Morgan fingerprint density at radius 3 is 2.48 bits per heavy atom. The normalized spacial score (nSPS) is 16.8. The lowest BCUT2D eigenvalue weighted by Crippen LogP contribution is -2.42. The van der Waals surface area contributed by atoms with Crippen LogP contribution in [0.5, 0.6) is 0 Å². The van der Waals surface area contributed by atoms with Gasteiger partial charge in [-0.15, -0.1) is 0 Å². The van der Waals surface area contributed by atoms with Crippen molar-refractivity contribution in [3.63, 3.8) is 0 Å². The molecule has 2 rings (SSSR count). The van der Waals surface area contributed by atoms with Crippen LogP contribution in [0.15, 0.2) is 12.3 Å². The molecule has 0 aliphatic carbocycles. The fraction of sp³-hybridized carbons (Fsp3) is 0.643. The van der Waals surface area contributed by atoms with Gasteiger partial charge in [-0.2, -0.15) is 5.10 Å². The predicted octanol–water partition coefficient (Wildman–Crippen LogP) is 2.15. The van der Waals surface area contributed by atoms with Crippen molar-refractivity contribution in [1.29, 1.82) is 0 Å². The zero-order valence-electron chi connectivity index (χ0n) is 12.6. The molecule has 0 atom stereocenters. The predicted molar refractivity (Wildman–Crippen MR) is 75.3 cm³/mol. The number of rotatable bonds is 2. The van der Waals surface area contributed by atoms with Gasteiger partial charge in [-0.05, 0) is 39.7 Å². The lowest BCUT2D eigenvalue weighted by molar-refractivity contribution is 0.0181. The Bertz CT molecular complexity index is 525. The molecule has 0 spiro atoms. The molecule has 21 heavy (non-hydrogen) atoms. The van der Waals surface area contributed by atoms with Crippen LogP contribution in [0.4, 0.5) is 4.79 Å². The summed E-state index contributed by atoms with van der Waals surface area (Å²) in [5, 5.41) is 13.2. The molecule has 1 aromatic rings. The molecule has 1 aliphatic rings. The second-order valence-corrected chi connectivity index (χ2v) is 6.16. The minimum atomic E-state index is -0.984. The molecule has 0 bridgehead atoms. The number of ether oxygens (including phenoxy) is 1. The number of piperidine rings is 1. The van der Waals surface area contributed by atoms with Gasteiger partial charge in [0.15, 0.2) is 0 Å². The van der Waals surface area contributed by atoms with Crippen LogP contribution in [0, 0.1) is 0 Å². The number of carbonyl (C=O) groups is 2. The molecule has 1 amide bonds. The average Bonchev–Trinajstić information content (AvgIpc) is 2.86. The number of hydrogen-bond donors (Lipinski definition) is 1. The highest BCUT2D eigenvalue weighted by Crippen LogP contribution is 2.24. The summed E-state index contributed by atoms with van der Waals surface area (Å²) in [6.07, 6.45) is 2.51. The van der Waals surface area contributed by atoms with Gasteiger partial charge < -0.3 is 14.7 Å². The number of amides is 1. The van der Waals surface area contributed by atoms with Gasteiger partial charge in [-0.1, -0.05) is 0 Å². The van der Waals surface area contributed by atoms with E-state index in [-0.39, 0.29) is 17.8 Å². The number of carboxylic acid groups (broad SMARTS) is 1. The summed E-state index contributed by atoms with van der Waals surface area (Å²) in [6, 6.07) is 1.49. The van der Waals surface area contributed by atoms with Gasteiger partial charge in [-0.3, -0.25) is 4.68 Å². The van der Waals surface area contributed by atoms with Crippen molar-refractivity contribution < 1.29 is 19.4 Å². The van der Waals surface area contributed by atoms with E-state index in [1.807, 2.05) is 20.8 Å². The Kier molecular flexibility index (Phi) is 4.20. The Hall–Kier alpha value is -2.05. The second-order valence-electron chi connectivity index (χ2n) is 6.16. The zero-order chi connectivity index (χ0) is 15.6. The first-order chi connectivity index (χ1) is 9.78. The lowest BCUT2D eigenvalue weighted by Gasteiger charge is -2.33. The van der Waals surface area contributed by atoms with E-state index >= 15 is 0 Å². The molecule has 0 aromatic carbocycles. The third-order valence-electron chi connectivity index (χ3n) is 3.35. The number of aromatic nitrogens is 2. The smallest absolute Gasteiger partial charge is 0.410 e. The van der Waals surface area contributed by atoms with Crippen molar-refractivity contribution in [2.45, 2.75) is 45.3 Å². The number of carbonyl (C=O) groups excluding carboxylic acids is 1. The van der Waals surface area contributed by atoms with Crippen LogP contribution in [0.3, 0.4) is 0 Å². The maximum absolute atomic E-state index is 12.0. The molecule has 7 heteroatoms. The van der Waals surface area contributed by atoms with E-state index < -0.39 is 11.6 Å². The molecule has 0 unspecified atom stereocenters. The van der Waals surface area contributed by atoms with Crippen molar-refractivity contribution in [2.75, 3.05) is 13.1 Å². The second kappa shape index (κ2) is 5.75. The van der Waals surface area contributed by atoms with Gasteiger partial charge in [0.25, 0.3) is 0 Å². The highest BCUT2D eigenvalue weighted by atomic mass is 16.6. The maximum Gasteiger partial charge on any atom is 0.410 e. The first-order valence-corrected chi connectivity index (χ1v) is 7.02.